The maximum absolute atomic E-state index is 13.7. The first-order valence-electron chi connectivity index (χ1n) is 10.00. The Hall–Kier alpha value is -2.54. The van der Waals surface area contributed by atoms with Gasteiger partial charge in [-0.1, -0.05) is 0 Å². The van der Waals surface area contributed by atoms with E-state index < -0.39 is 0 Å². The van der Waals surface area contributed by atoms with Gasteiger partial charge in [0.2, 0.25) is 5.95 Å². The highest BCUT2D eigenvalue weighted by molar-refractivity contribution is 5.82. The van der Waals surface area contributed by atoms with Gasteiger partial charge in [-0.3, -0.25) is 0 Å². The highest BCUT2D eigenvalue weighted by atomic mass is 19.1. The van der Waals surface area contributed by atoms with Crippen LogP contribution in [0.1, 0.15) is 31.2 Å². The van der Waals surface area contributed by atoms with Gasteiger partial charge >= 0.3 is 0 Å². The maximum Gasteiger partial charge on any atom is 0.222 e. The van der Waals surface area contributed by atoms with Crippen molar-refractivity contribution in [2.24, 2.45) is 5.92 Å². The Labute approximate surface area is 164 Å². The number of anilines is 1. The van der Waals surface area contributed by atoms with E-state index in [2.05, 4.69) is 37.2 Å². The summed E-state index contributed by atoms with van der Waals surface area (Å²) < 4.78 is 13.7. The molecule has 0 spiro atoms. The molecule has 1 aliphatic rings. The van der Waals surface area contributed by atoms with Crippen LogP contribution in [-0.4, -0.2) is 51.5 Å². The third kappa shape index (κ3) is 4.14. The number of likely N-dealkylation sites (tertiary alicyclic amines) is 1. The molecular weight excluding hydrogens is 355 g/mol. The number of imidazole rings is 1. The first-order chi connectivity index (χ1) is 13.6. The SMILES string of the molecule is Cc1c(F)ccc2[nH]c(-c3cnc(NCCCC4CCN(C)CC4)nc3)nc12. The quantitative estimate of drug-likeness (QED) is 0.631. The Kier molecular flexibility index (Phi) is 5.52. The molecule has 0 unspecified atom stereocenters. The lowest BCUT2D eigenvalue weighted by Gasteiger charge is -2.28. The monoisotopic (exact) mass is 382 g/mol. The van der Waals surface area contributed by atoms with Crippen molar-refractivity contribution in [1.82, 2.24) is 24.8 Å². The van der Waals surface area contributed by atoms with Gasteiger partial charge in [-0.15, -0.1) is 0 Å². The highest BCUT2D eigenvalue weighted by Crippen LogP contribution is 2.24. The molecule has 6 nitrogen and oxygen atoms in total. The Morgan fingerprint density at radius 2 is 1.96 bits per heavy atom. The first kappa shape index (κ1) is 18.8. The summed E-state index contributed by atoms with van der Waals surface area (Å²) in [5.74, 6) is 1.88. The summed E-state index contributed by atoms with van der Waals surface area (Å²) in [4.78, 5) is 18.9. The summed E-state index contributed by atoms with van der Waals surface area (Å²) in [6.45, 7) is 5.05. The number of aromatic amines is 1. The van der Waals surface area contributed by atoms with E-state index in [0.717, 1.165) is 30.0 Å². The van der Waals surface area contributed by atoms with E-state index in [4.69, 9.17) is 0 Å². The molecule has 2 aromatic heterocycles. The zero-order chi connectivity index (χ0) is 19.5. The van der Waals surface area contributed by atoms with Gasteiger partial charge < -0.3 is 15.2 Å². The number of fused-ring (bicyclic) bond motifs is 1. The minimum atomic E-state index is -0.249. The lowest BCUT2D eigenvalue weighted by molar-refractivity contribution is 0.211. The summed E-state index contributed by atoms with van der Waals surface area (Å²) in [5.41, 5.74) is 2.79. The minimum Gasteiger partial charge on any atom is -0.354 e. The van der Waals surface area contributed by atoms with Crippen LogP contribution in [0.5, 0.6) is 0 Å². The number of piperidine rings is 1. The van der Waals surface area contributed by atoms with Crippen molar-refractivity contribution in [3.8, 4) is 11.4 Å². The molecule has 1 fully saturated rings. The van der Waals surface area contributed by atoms with E-state index >= 15 is 0 Å². The van der Waals surface area contributed by atoms with Crippen molar-refractivity contribution in [2.75, 3.05) is 32.0 Å². The van der Waals surface area contributed by atoms with Gasteiger partial charge in [0.1, 0.15) is 11.6 Å². The highest BCUT2D eigenvalue weighted by Gasteiger charge is 2.16. The van der Waals surface area contributed by atoms with Crippen LogP contribution in [0.2, 0.25) is 0 Å². The molecule has 1 saturated heterocycles. The molecule has 28 heavy (non-hydrogen) atoms. The summed E-state index contributed by atoms with van der Waals surface area (Å²) in [5, 5.41) is 3.30. The normalized spacial score (nSPS) is 16.0. The summed E-state index contributed by atoms with van der Waals surface area (Å²) in [7, 11) is 2.20. The number of halogens is 1. The van der Waals surface area contributed by atoms with Crippen molar-refractivity contribution in [3.63, 3.8) is 0 Å². The minimum absolute atomic E-state index is 0.249. The van der Waals surface area contributed by atoms with Gasteiger partial charge in [0.05, 0.1) is 16.6 Å². The van der Waals surface area contributed by atoms with Gasteiger partial charge in [0.15, 0.2) is 0 Å². The van der Waals surface area contributed by atoms with Gasteiger partial charge in [-0.2, -0.15) is 0 Å². The number of rotatable bonds is 6. The zero-order valence-corrected chi connectivity index (χ0v) is 16.5. The molecule has 0 atom stereocenters. The zero-order valence-electron chi connectivity index (χ0n) is 16.5. The van der Waals surface area contributed by atoms with E-state index in [1.54, 1.807) is 25.4 Å². The van der Waals surface area contributed by atoms with Crippen LogP contribution < -0.4 is 5.32 Å². The molecule has 0 bridgehead atoms. The van der Waals surface area contributed by atoms with Crippen molar-refractivity contribution in [3.05, 3.63) is 35.9 Å². The number of nitrogens with one attached hydrogen (secondary N) is 2. The second-order valence-corrected chi connectivity index (χ2v) is 7.76. The van der Waals surface area contributed by atoms with Crippen LogP contribution in [0, 0.1) is 18.7 Å². The summed E-state index contributed by atoms with van der Waals surface area (Å²) in [6, 6.07) is 3.16. The largest absolute Gasteiger partial charge is 0.354 e. The Morgan fingerprint density at radius 3 is 2.71 bits per heavy atom. The second-order valence-electron chi connectivity index (χ2n) is 7.76. The lowest BCUT2D eigenvalue weighted by atomic mass is 9.92. The molecule has 7 heteroatoms. The number of hydrogen-bond donors (Lipinski definition) is 2. The van der Waals surface area contributed by atoms with E-state index in [9.17, 15) is 4.39 Å². The summed E-state index contributed by atoms with van der Waals surface area (Å²) >= 11 is 0. The third-order valence-corrected chi connectivity index (χ3v) is 5.68. The van der Waals surface area contributed by atoms with Crippen molar-refractivity contribution < 1.29 is 4.39 Å². The fourth-order valence-corrected chi connectivity index (χ4v) is 3.81. The number of benzene rings is 1. The van der Waals surface area contributed by atoms with Crippen LogP contribution in [0.25, 0.3) is 22.4 Å². The number of hydrogen-bond acceptors (Lipinski definition) is 5. The predicted octanol–water partition coefficient (Wildman–Crippen LogP) is 4.00. The molecule has 3 aromatic rings. The molecule has 2 N–H and O–H groups in total. The average Bonchev–Trinajstić information content (AvgIpc) is 3.15. The number of aryl methyl sites for hydroxylation is 1. The first-order valence-corrected chi connectivity index (χ1v) is 10.00. The van der Waals surface area contributed by atoms with Crippen LogP contribution in [0.15, 0.2) is 24.5 Å². The van der Waals surface area contributed by atoms with E-state index in [1.165, 1.54) is 38.4 Å². The van der Waals surface area contributed by atoms with E-state index in [0.29, 0.717) is 22.9 Å². The fraction of sp³-hybridized carbons (Fsp3) is 0.476. The molecule has 1 aliphatic heterocycles. The van der Waals surface area contributed by atoms with Gasteiger partial charge in [-0.25, -0.2) is 19.3 Å². The molecule has 0 amide bonds. The number of nitrogens with zero attached hydrogens (tertiary/aromatic N) is 4. The van der Waals surface area contributed by atoms with Crippen LogP contribution in [-0.2, 0) is 0 Å². The Balaban J connectivity index is 1.32. The number of aromatic nitrogens is 4. The lowest BCUT2D eigenvalue weighted by Crippen LogP contribution is -2.30. The summed E-state index contributed by atoms with van der Waals surface area (Å²) in [6.07, 6.45) is 8.50. The third-order valence-electron chi connectivity index (χ3n) is 5.68. The van der Waals surface area contributed by atoms with Gasteiger partial charge in [-0.05, 0) is 70.8 Å². The molecule has 0 saturated carbocycles. The molecule has 4 rings (SSSR count). The maximum atomic E-state index is 13.7. The molecule has 1 aromatic carbocycles. The predicted molar refractivity (Wildman–Crippen MR) is 110 cm³/mol. The van der Waals surface area contributed by atoms with Crippen molar-refractivity contribution in [1.29, 1.82) is 0 Å². The average molecular weight is 382 g/mol. The topological polar surface area (TPSA) is 69.7 Å². The molecule has 0 radical (unpaired) electrons. The molecule has 148 valence electrons. The smallest absolute Gasteiger partial charge is 0.222 e. The Morgan fingerprint density at radius 1 is 1.21 bits per heavy atom. The van der Waals surface area contributed by atoms with Crippen LogP contribution in [0.4, 0.5) is 10.3 Å². The van der Waals surface area contributed by atoms with E-state index in [-0.39, 0.29) is 5.82 Å². The van der Waals surface area contributed by atoms with Crippen molar-refractivity contribution in [2.45, 2.75) is 32.6 Å². The van der Waals surface area contributed by atoms with E-state index in [1.807, 2.05) is 0 Å². The fourth-order valence-electron chi connectivity index (χ4n) is 3.81. The van der Waals surface area contributed by atoms with Gasteiger partial charge in [0.25, 0.3) is 0 Å². The molecule has 3 heterocycles. The van der Waals surface area contributed by atoms with Crippen LogP contribution >= 0.6 is 0 Å². The number of H-pyrrole nitrogens is 1. The Bertz CT molecular complexity index is 928. The standard InChI is InChI=1S/C21H27FN6/c1-14-17(22)5-6-18-19(14)27-20(26-18)16-12-24-21(25-13-16)23-9-3-4-15-7-10-28(2)11-8-15/h5-6,12-13,15H,3-4,7-11H2,1-2H3,(H,26,27)(H,23,24,25). The second kappa shape index (κ2) is 8.22. The molecular formula is C21H27FN6. The van der Waals surface area contributed by atoms with Crippen LogP contribution in [0.3, 0.4) is 0 Å². The van der Waals surface area contributed by atoms with Gasteiger partial charge in [0, 0.05) is 24.5 Å². The molecule has 0 aliphatic carbocycles. The van der Waals surface area contributed by atoms with Crippen molar-refractivity contribution >= 4 is 17.0 Å².